The van der Waals surface area contributed by atoms with Gasteiger partial charge < -0.3 is 5.32 Å². The molecule has 1 saturated heterocycles. The second-order valence-electron chi connectivity index (χ2n) is 6.71. The molecule has 6 nitrogen and oxygen atoms in total. The number of amides is 1. The lowest BCUT2D eigenvalue weighted by molar-refractivity contribution is -0.123. The molecule has 0 aliphatic carbocycles. The van der Waals surface area contributed by atoms with Crippen molar-refractivity contribution < 1.29 is 17.6 Å². The van der Waals surface area contributed by atoms with E-state index in [9.17, 15) is 17.6 Å². The summed E-state index contributed by atoms with van der Waals surface area (Å²) in [7, 11) is -3.84. The van der Waals surface area contributed by atoms with Gasteiger partial charge in [0.05, 0.1) is 6.54 Å². The highest BCUT2D eigenvalue weighted by Crippen LogP contribution is 2.20. The minimum absolute atomic E-state index is 0.0633. The Morgan fingerprint density at radius 3 is 2.32 bits per heavy atom. The summed E-state index contributed by atoms with van der Waals surface area (Å²) >= 11 is 0. The van der Waals surface area contributed by atoms with Crippen LogP contribution in [0, 0.1) is 11.7 Å². The summed E-state index contributed by atoms with van der Waals surface area (Å²) in [6, 6.07) is 5.48. The quantitative estimate of drug-likeness (QED) is 0.818. The first-order valence-corrected chi connectivity index (χ1v) is 9.92. The zero-order valence-electron chi connectivity index (χ0n) is 14.9. The van der Waals surface area contributed by atoms with Crippen LogP contribution < -0.4 is 5.32 Å². The molecule has 2 rings (SSSR count). The summed E-state index contributed by atoms with van der Waals surface area (Å²) in [5, 5.41) is 2.94. The van der Waals surface area contributed by atoms with Crippen LogP contribution in [-0.2, 0) is 14.8 Å². The fraction of sp³-hybridized carbons (Fsp3) is 0.588. The molecule has 0 aromatic heterocycles. The van der Waals surface area contributed by atoms with E-state index in [-0.39, 0.29) is 36.5 Å². The molecule has 8 heteroatoms. The van der Waals surface area contributed by atoms with Gasteiger partial charge in [0.2, 0.25) is 15.9 Å². The minimum atomic E-state index is -3.84. The Morgan fingerprint density at radius 2 is 1.76 bits per heavy atom. The summed E-state index contributed by atoms with van der Waals surface area (Å²) in [4.78, 5) is 13.6. The molecule has 0 saturated carbocycles. The van der Waals surface area contributed by atoms with Gasteiger partial charge >= 0.3 is 0 Å². The molecule has 0 bridgehead atoms. The van der Waals surface area contributed by atoms with Gasteiger partial charge in [0, 0.05) is 32.2 Å². The standard InChI is InChI=1S/C17H26FN3O3S/c1-13(2)14(3)19-17(22)12-20-8-10-21(11-9-20)25(23,24)16-7-5-4-6-15(16)18/h4-7,13-14H,8-12H2,1-3H3,(H,19,22)/t14-/m1/s1. The van der Waals surface area contributed by atoms with Crippen molar-refractivity contribution in [1.82, 2.24) is 14.5 Å². The molecule has 0 radical (unpaired) electrons. The summed E-state index contributed by atoms with van der Waals surface area (Å²) < 4.78 is 40.2. The Hall–Kier alpha value is -1.51. The number of nitrogens with one attached hydrogen (secondary N) is 1. The molecular formula is C17H26FN3O3S. The number of benzene rings is 1. The summed E-state index contributed by atoms with van der Waals surface area (Å²) in [6.45, 7) is 7.64. The Balaban J connectivity index is 1.91. The average Bonchev–Trinajstić information content (AvgIpc) is 2.55. The van der Waals surface area contributed by atoms with Crippen molar-refractivity contribution in [2.45, 2.75) is 31.7 Å². The maximum atomic E-state index is 13.8. The number of rotatable bonds is 6. The van der Waals surface area contributed by atoms with E-state index in [1.54, 1.807) is 0 Å². The van der Waals surface area contributed by atoms with Gasteiger partial charge in [-0.05, 0) is 25.0 Å². The van der Waals surface area contributed by atoms with Crippen LogP contribution in [0.5, 0.6) is 0 Å². The predicted octanol–water partition coefficient (Wildman–Crippen LogP) is 1.29. The highest BCUT2D eigenvalue weighted by molar-refractivity contribution is 7.89. The van der Waals surface area contributed by atoms with Crippen LogP contribution in [0.15, 0.2) is 29.2 Å². The first kappa shape index (κ1) is 19.8. The lowest BCUT2D eigenvalue weighted by Gasteiger charge is -2.33. The first-order valence-electron chi connectivity index (χ1n) is 8.48. The van der Waals surface area contributed by atoms with E-state index < -0.39 is 15.8 Å². The number of carbonyl (C=O) groups excluding carboxylic acids is 1. The van der Waals surface area contributed by atoms with Gasteiger partial charge in [-0.3, -0.25) is 9.69 Å². The summed E-state index contributed by atoms with van der Waals surface area (Å²) in [6.07, 6.45) is 0. The monoisotopic (exact) mass is 371 g/mol. The number of sulfonamides is 1. The summed E-state index contributed by atoms with van der Waals surface area (Å²) in [5.41, 5.74) is 0. The maximum Gasteiger partial charge on any atom is 0.246 e. The van der Waals surface area contributed by atoms with E-state index in [1.165, 1.54) is 22.5 Å². The van der Waals surface area contributed by atoms with Crippen molar-refractivity contribution in [3.63, 3.8) is 0 Å². The van der Waals surface area contributed by atoms with Gasteiger partial charge in [-0.2, -0.15) is 4.31 Å². The molecule has 1 heterocycles. The zero-order valence-corrected chi connectivity index (χ0v) is 15.7. The lowest BCUT2D eigenvalue weighted by atomic mass is 10.1. The van der Waals surface area contributed by atoms with Crippen LogP contribution in [0.1, 0.15) is 20.8 Å². The van der Waals surface area contributed by atoms with Gasteiger partial charge in [-0.25, -0.2) is 12.8 Å². The van der Waals surface area contributed by atoms with Crippen molar-refractivity contribution in [3.8, 4) is 0 Å². The number of piperazine rings is 1. The van der Waals surface area contributed by atoms with Crippen molar-refractivity contribution in [3.05, 3.63) is 30.1 Å². The number of hydrogen-bond acceptors (Lipinski definition) is 4. The molecule has 25 heavy (non-hydrogen) atoms. The molecule has 0 spiro atoms. The lowest BCUT2D eigenvalue weighted by Crippen LogP contribution is -2.52. The van der Waals surface area contributed by atoms with Crippen LogP contribution in [0.3, 0.4) is 0 Å². The van der Waals surface area contributed by atoms with Gasteiger partial charge in [0.15, 0.2) is 0 Å². The Bertz CT molecular complexity index is 701. The average molecular weight is 371 g/mol. The Labute approximate surface area is 149 Å². The van der Waals surface area contributed by atoms with Crippen molar-refractivity contribution >= 4 is 15.9 Å². The first-order chi connectivity index (χ1) is 11.7. The highest BCUT2D eigenvalue weighted by atomic mass is 32.2. The zero-order chi connectivity index (χ0) is 18.6. The van der Waals surface area contributed by atoms with Crippen LogP contribution in [0.25, 0.3) is 0 Å². The van der Waals surface area contributed by atoms with Crippen molar-refractivity contribution in [1.29, 1.82) is 0 Å². The van der Waals surface area contributed by atoms with Crippen LogP contribution in [-0.4, -0.2) is 62.3 Å². The molecule has 1 aromatic rings. The van der Waals surface area contributed by atoms with E-state index in [2.05, 4.69) is 5.32 Å². The predicted molar refractivity (Wildman–Crippen MR) is 94.0 cm³/mol. The van der Waals surface area contributed by atoms with Crippen LogP contribution in [0.2, 0.25) is 0 Å². The van der Waals surface area contributed by atoms with Gasteiger partial charge in [0.25, 0.3) is 0 Å². The topological polar surface area (TPSA) is 69.7 Å². The fourth-order valence-electron chi connectivity index (χ4n) is 2.59. The fourth-order valence-corrected chi connectivity index (χ4v) is 4.08. The molecular weight excluding hydrogens is 345 g/mol. The molecule has 0 unspecified atom stereocenters. The molecule has 1 aliphatic heterocycles. The Kier molecular flexibility index (Phi) is 6.53. The van der Waals surface area contributed by atoms with Gasteiger partial charge in [-0.15, -0.1) is 0 Å². The highest BCUT2D eigenvalue weighted by Gasteiger charge is 2.30. The maximum absolute atomic E-state index is 13.8. The smallest absolute Gasteiger partial charge is 0.246 e. The molecule has 1 fully saturated rings. The van der Waals surface area contributed by atoms with Crippen LogP contribution >= 0.6 is 0 Å². The number of hydrogen-bond donors (Lipinski definition) is 1. The van der Waals surface area contributed by atoms with Gasteiger partial charge in [-0.1, -0.05) is 26.0 Å². The molecule has 1 aliphatic rings. The second-order valence-corrected chi connectivity index (χ2v) is 8.62. The van der Waals surface area contributed by atoms with Crippen molar-refractivity contribution in [2.75, 3.05) is 32.7 Å². The third kappa shape index (κ3) is 4.99. The van der Waals surface area contributed by atoms with Crippen LogP contribution in [0.4, 0.5) is 4.39 Å². The molecule has 1 atom stereocenters. The van der Waals surface area contributed by atoms with Gasteiger partial charge in [0.1, 0.15) is 10.7 Å². The van der Waals surface area contributed by atoms with E-state index in [1.807, 2.05) is 25.7 Å². The SMILES string of the molecule is CC(C)[C@@H](C)NC(=O)CN1CCN(S(=O)(=O)c2ccccc2F)CC1. The molecule has 1 amide bonds. The molecule has 1 aromatic carbocycles. The molecule has 1 N–H and O–H groups in total. The normalized spacial score (nSPS) is 18.3. The largest absolute Gasteiger partial charge is 0.352 e. The third-order valence-corrected chi connectivity index (χ3v) is 6.47. The van der Waals surface area contributed by atoms with E-state index >= 15 is 0 Å². The molecule has 140 valence electrons. The van der Waals surface area contributed by atoms with Crippen molar-refractivity contribution in [2.24, 2.45) is 5.92 Å². The van der Waals surface area contributed by atoms with E-state index in [4.69, 9.17) is 0 Å². The minimum Gasteiger partial charge on any atom is -0.352 e. The van der Waals surface area contributed by atoms with E-state index in [0.29, 0.717) is 19.0 Å². The Morgan fingerprint density at radius 1 is 1.16 bits per heavy atom. The second kappa shape index (κ2) is 8.25. The third-order valence-electron chi connectivity index (χ3n) is 4.54. The summed E-state index contributed by atoms with van der Waals surface area (Å²) in [5.74, 6) is -0.453. The van der Waals surface area contributed by atoms with E-state index in [0.717, 1.165) is 6.07 Å². The number of halogens is 1. The number of carbonyl (C=O) groups is 1. The number of nitrogens with zero attached hydrogens (tertiary/aromatic N) is 2.